The maximum atomic E-state index is 10.9. The summed E-state index contributed by atoms with van der Waals surface area (Å²) in [6, 6.07) is -1.06. The van der Waals surface area contributed by atoms with Gasteiger partial charge in [-0.15, -0.1) is 0 Å². The third-order valence-corrected chi connectivity index (χ3v) is 1.89. The Bertz CT molecular complexity index is 324. The number of hydrogen-bond acceptors (Lipinski definition) is 5. The van der Waals surface area contributed by atoms with E-state index in [-0.39, 0.29) is 4.47 Å². The molecule has 0 aliphatic rings. The highest BCUT2D eigenvalue weighted by Crippen LogP contribution is 1.99. The van der Waals surface area contributed by atoms with Gasteiger partial charge in [-0.05, 0) is 4.47 Å². The highest BCUT2D eigenvalue weighted by molar-refractivity contribution is 7.88. The largest absolute Gasteiger partial charge is 0.432 e. The molecule has 0 aromatic heterocycles. The zero-order chi connectivity index (χ0) is 11.4. The average molecular weight is 225 g/mol. The highest BCUT2D eigenvalue weighted by Gasteiger charge is 2.26. The lowest BCUT2D eigenvalue weighted by molar-refractivity contribution is 0.0123. The second kappa shape index (κ2) is 4.65. The lowest BCUT2D eigenvalue weighted by Gasteiger charge is -2.16. The number of sulfonamides is 1. The Labute approximate surface area is 81.2 Å². The van der Waals surface area contributed by atoms with E-state index in [1.54, 1.807) is 0 Å². The molecule has 0 radical (unpaired) electrons. The Kier molecular flexibility index (Phi) is 4.15. The van der Waals surface area contributed by atoms with E-state index in [1.807, 2.05) is 10.6 Å². The molecule has 0 fully saturated rings. The minimum Gasteiger partial charge on any atom is -0.338 e. The number of hydroxylamine groups is 1. The van der Waals surface area contributed by atoms with Crippen LogP contribution < -0.4 is 10.6 Å². The number of nitrogens with one attached hydrogen (secondary N) is 2. The van der Waals surface area contributed by atoms with Gasteiger partial charge < -0.3 is 15.5 Å². The first-order valence-corrected chi connectivity index (χ1v) is 5.29. The Morgan fingerprint density at radius 3 is 2.00 bits per heavy atom. The fourth-order valence-corrected chi connectivity index (χ4v) is 1.07. The summed E-state index contributed by atoms with van der Waals surface area (Å²) >= 11 is 0. The minimum atomic E-state index is -3.94. The number of nitrogens with zero attached hydrogens (tertiary/aromatic N) is 1. The molecule has 2 N–H and O–H groups in total. The molecule has 0 bridgehead atoms. The summed E-state index contributed by atoms with van der Waals surface area (Å²) in [4.78, 5) is 25.8. The third-order valence-electron chi connectivity index (χ3n) is 1.05. The van der Waals surface area contributed by atoms with E-state index >= 15 is 0 Å². The van der Waals surface area contributed by atoms with Gasteiger partial charge in [0, 0.05) is 14.1 Å². The SMILES string of the molecule is CNC(=O)ON(C(=O)NC)S(C)(=O)=O. The van der Waals surface area contributed by atoms with Crippen LogP contribution in [0.1, 0.15) is 0 Å². The van der Waals surface area contributed by atoms with E-state index in [9.17, 15) is 18.0 Å². The number of hydrogen-bond donors (Lipinski definition) is 2. The molecule has 0 saturated carbocycles. The zero-order valence-electron chi connectivity index (χ0n) is 7.90. The zero-order valence-corrected chi connectivity index (χ0v) is 8.71. The molecule has 0 spiro atoms. The molecule has 0 aliphatic heterocycles. The fraction of sp³-hybridized carbons (Fsp3) is 0.600. The summed E-state index contributed by atoms with van der Waals surface area (Å²) < 4.78 is 21.8. The summed E-state index contributed by atoms with van der Waals surface area (Å²) in [6.07, 6.45) is -0.329. The molecule has 8 nitrogen and oxygen atoms in total. The molecular formula is C5H11N3O5S. The molecule has 82 valence electrons. The topological polar surface area (TPSA) is 105 Å². The summed E-state index contributed by atoms with van der Waals surface area (Å²) in [5.74, 6) is 0. The van der Waals surface area contributed by atoms with E-state index in [0.29, 0.717) is 0 Å². The molecule has 0 atom stereocenters. The number of carbonyl (C=O) groups is 2. The first kappa shape index (κ1) is 12.5. The number of rotatable bonds is 1. The Morgan fingerprint density at radius 1 is 1.21 bits per heavy atom. The number of urea groups is 1. The van der Waals surface area contributed by atoms with Gasteiger partial charge in [0.25, 0.3) is 10.0 Å². The van der Waals surface area contributed by atoms with Crippen molar-refractivity contribution in [3.8, 4) is 0 Å². The van der Waals surface area contributed by atoms with Crippen LogP contribution in [-0.2, 0) is 14.9 Å². The van der Waals surface area contributed by atoms with Crippen LogP contribution in [0.2, 0.25) is 0 Å². The Morgan fingerprint density at radius 2 is 1.71 bits per heavy atom. The molecule has 0 heterocycles. The lowest BCUT2D eigenvalue weighted by Crippen LogP contribution is -2.44. The maximum Gasteiger partial charge on any atom is 0.432 e. The molecule has 9 heteroatoms. The van der Waals surface area contributed by atoms with Crippen molar-refractivity contribution >= 4 is 22.1 Å². The molecule has 0 saturated heterocycles. The van der Waals surface area contributed by atoms with Crippen molar-refractivity contribution in [1.29, 1.82) is 0 Å². The van der Waals surface area contributed by atoms with Crippen molar-refractivity contribution in [1.82, 2.24) is 15.1 Å². The molecule has 0 aromatic rings. The van der Waals surface area contributed by atoms with Gasteiger partial charge in [0.05, 0.1) is 6.26 Å². The van der Waals surface area contributed by atoms with E-state index in [4.69, 9.17) is 0 Å². The summed E-state index contributed by atoms with van der Waals surface area (Å²) in [7, 11) is -1.51. The molecule has 14 heavy (non-hydrogen) atoms. The minimum absolute atomic E-state index is 0.0498. The van der Waals surface area contributed by atoms with Gasteiger partial charge in [0.15, 0.2) is 0 Å². The smallest absolute Gasteiger partial charge is 0.338 e. The normalized spacial score (nSPS) is 10.2. The van der Waals surface area contributed by atoms with Crippen LogP contribution in [0, 0.1) is 0 Å². The van der Waals surface area contributed by atoms with E-state index < -0.39 is 22.1 Å². The van der Waals surface area contributed by atoms with Crippen LogP contribution in [-0.4, -0.2) is 45.4 Å². The monoisotopic (exact) mass is 225 g/mol. The first-order chi connectivity index (χ1) is 6.32. The van der Waals surface area contributed by atoms with Gasteiger partial charge in [-0.25, -0.2) is 18.0 Å². The maximum absolute atomic E-state index is 10.9. The third kappa shape index (κ3) is 3.47. The van der Waals surface area contributed by atoms with Crippen molar-refractivity contribution in [2.75, 3.05) is 20.4 Å². The van der Waals surface area contributed by atoms with Crippen molar-refractivity contribution < 1.29 is 22.8 Å². The van der Waals surface area contributed by atoms with Gasteiger partial charge in [-0.1, -0.05) is 0 Å². The van der Waals surface area contributed by atoms with E-state index in [1.165, 1.54) is 14.1 Å². The van der Waals surface area contributed by atoms with E-state index in [2.05, 4.69) is 4.84 Å². The Hall–Kier alpha value is -1.51. The standard InChI is InChI=1S/C5H11N3O5S/c1-6-4(9)8(14(3,11)12)13-5(10)7-2/h1-3H3,(H,6,9)(H,7,10). The number of carbonyl (C=O) groups excluding carboxylic acids is 2. The van der Waals surface area contributed by atoms with Crippen LogP contribution in [0.3, 0.4) is 0 Å². The molecule has 0 unspecified atom stereocenters. The van der Waals surface area contributed by atoms with Gasteiger partial charge in [-0.2, -0.15) is 0 Å². The second-order valence-corrected chi connectivity index (χ2v) is 3.97. The molecule has 0 aromatic carbocycles. The second-order valence-electron chi connectivity index (χ2n) is 2.17. The van der Waals surface area contributed by atoms with Crippen LogP contribution >= 0.6 is 0 Å². The average Bonchev–Trinajstić information content (AvgIpc) is 2.10. The lowest BCUT2D eigenvalue weighted by atomic mass is 11.0. The molecule has 0 aliphatic carbocycles. The summed E-state index contributed by atoms with van der Waals surface area (Å²) in [6.45, 7) is 0. The first-order valence-electron chi connectivity index (χ1n) is 3.44. The quantitative estimate of drug-likeness (QED) is 0.549. The van der Waals surface area contributed by atoms with E-state index in [0.717, 1.165) is 6.26 Å². The fourth-order valence-electron chi connectivity index (χ4n) is 0.472. The molecule has 0 rings (SSSR count). The van der Waals surface area contributed by atoms with Gasteiger partial charge in [0.2, 0.25) is 0 Å². The van der Waals surface area contributed by atoms with Crippen LogP contribution in [0.5, 0.6) is 0 Å². The number of amides is 3. The predicted octanol–water partition coefficient (Wildman–Crippen LogP) is -1.14. The van der Waals surface area contributed by atoms with Crippen molar-refractivity contribution in [3.05, 3.63) is 0 Å². The summed E-state index contributed by atoms with van der Waals surface area (Å²) in [5, 5.41) is 4.00. The predicted molar refractivity (Wildman–Crippen MR) is 46.7 cm³/mol. The van der Waals surface area contributed by atoms with Crippen LogP contribution in [0.4, 0.5) is 9.59 Å². The van der Waals surface area contributed by atoms with Crippen molar-refractivity contribution in [2.45, 2.75) is 0 Å². The van der Waals surface area contributed by atoms with Gasteiger partial charge >= 0.3 is 12.1 Å². The molecular weight excluding hydrogens is 214 g/mol. The van der Waals surface area contributed by atoms with Gasteiger partial charge in [0.1, 0.15) is 0 Å². The summed E-state index contributed by atoms with van der Waals surface area (Å²) in [5.41, 5.74) is 0. The van der Waals surface area contributed by atoms with Crippen LogP contribution in [0.15, 0.2) is 0 Å². The van der Waals surface area contributed by atoms with Crippen LogP contribution in [0.25, 0.3) is 0 Å². The molecule has 3 amide bonds. The van der Waals surface area contributed by atoms with Crippen molar-refractivity contribution in [3.63, 3.8) is 0 Å². The van der Waals surface area contributed by atoms with Crippen molar-refractivity contribution in [2.24, 2.45) is 0 Å². The van der Waals surface area contributed by atoms with Gasteiger partial charge in [-0.3, -0.25) is 0 Å². The Balaban J connectivity index is 4.76. The highest BCUT2D eigenvalue weighted by atomic mass is 32.2.